The van der Waals surface area contributed by atoms with Crippen LogP contribution in [0.1, 0.15) is 33.6 Å². The molecule has 0 atom stereocenters. The van der Waals surface area contributed by atoms with Crippen molar-refractivity contribution >= 4 is 15.9 Å². The van der Waals surface area contributed by atoms with Gasteiger partial charge < -0.3 is 10.1 Å². The normalized spacial score (nSPS) is 17.0. The molecular formula is C17H26N2O4S. The number of rotatable bonds is 6. The van der Waals surface area contributed by atoms with Crippen LogP contribution in [0.2, 0.25) is 0 Å². The summed E-state index contributed by atoms with van der Waals surface area (Å²) in [7, 11) is -3.52. The first-order valence-corrected chi connectivity index (χ1v) is 9.82. The monoisotopic (exact) mass is 354 g/mol. The Hall–Kier alpha value is -1.60. The summed E-state index contributed by atoms with van der Waals surface area (Å²) in [6, 6.07) is 6.57. The number of nitrogens with one attached hydrogen (secondary N) is 1. The van der Waals surface area contributed by atoms with Gasteiger partial charge in [-0.3, -0.25) is 4.79 Å². The number of benzene rings is 1. The molecule has 0 bridgehead atoms. The van der Waals surface area contributed by atoms with Crippen LogP contribution in [0, 0.1) is 5.92 Å². The van der Waals surface area contributed by atoms with Crippen molar-refractivity contribution in [1.29, 1.82) is 0 Å². The molecule has 2 rings (SSSR count). The minimum Gasteiger partial charge on any atom is -0.494 e. The van der Waals surface area contributed by atoms with Crippen LogP contribution in [-0.2, 0) is 14.8 Å². The van der Waals surface area contributed by atoms with E-state index in [-0.39, 0.29) is 22.8 Å². The Morgan fingerprint density at radius 2 is 1.83 bits per heavy atom. The molecule has 0 aromatic heterocycles. The van der Waals surface area contributed by atoms with Gasteiger partial charge >= 0.3 is 0 Å². The summed E-state index contributed by atoms with van der Waals surface area (Å²) in [4.78, 5) is 12.3. The fraction of sp³-hybridized carbons (Fsp3) is 0.588. The minimum atomic E-state index is -3.52. The predicted octanol–water partition coefficient (Wildman–Crippen LogP) is 2.01. The van der Waals surface area contributed by atoms with Crippen molar-refractivity contribution in [1.82, 2.24) is 9.62 Å². The van der Waals surface area contributed by atoms with Gasteiger partial charge in [-0.25, -0.2) is 8.42 Å². The predicted molar refractivity (Wildman–Crippen MR) is 92.4 cm³/mol. The van der Waals surface area contributed by atoms with E-state index in [0.717, 1.165) is 0 Å². The molecule has 7 heteroatoms. The first kappa shape index (κ1) is 18.7. The van der Waals surface area contributed by atoms with E-state index in [4.69, 9.17) is 4.74 Å². The van der Waals surface area contributed by atoms with E-state index in [1.807, 2.05) is 20.8 Å². The highest BCUT2D eigenvalue weighted by atomic mass is 32.2. The van der Waals surface area contributed by atoms with Crippen molar-refractivity contribution in [3.8, 4) is 5.75 Å². The second-order valence-electron chi connectivity index (χ2n) is 6.25. The van der Waals surface area contributed by atoms with Gasteiger partial charge in [-0.05, 0) is 57.9 Å². The maximum absolute atomic E-state index is 12.7. The summed E-state index contributed by atoms with van der Waals surface area (Å²) in [5, 5.41) is 2.90. The first-order chi connectivity index (χ1) is 11.3. The lowest BCUT2D eigenvalue weighted by Gasteiger charge is -2.31. The molecule has 1 heterocycles. The molecule has 1 aliphatic heterocycles. The Bertz CT molecular complexity index is 648. The zero-order valence-electron chi connectivity index (χ0n) is 14.5. The third kappa shape index (κ3) is 4.48. The van der Waals surface area contributed by atoms with Crippen LogP contribution in [0.4, 0.5) is 0 Å². The number of carbonyl (C=O) groups is 1. The van der Waals surface area contributed by atoms with E-state index < -0.39 is 10.0 Å². The van der Waals surface area contributed by atoms with Gasteiger partial charge in [0.15, 0.2) is 0 Å². The highest BCUT2D eigenvalue weighted by Gasteiger charge is 2.32. The quantitative estimate of drug-likeness (QED) is 0.848. The highest BCUT2D eigenvalue weighted by molar-refractivity contribution is 7.89. The fourth-order valence-corrected chi connectivity index (χ4v) is 4.25. The number of hydrogen-bond donors (Lipinski definition) is 1. The van der Waals surface area contributed by atoms with Crippen molar-refractivity contribution in [3.63, 3.8) is 0 Å². The summed E-state index contributed by atoms with van der Waals surface area (Å²) in [5.74, 6) is 0.558. The van der Waals surface area contributed by atoms with Crippen LogP contribution >= 0.6 is 0 Å². The lowest BCUT2D eigenvalue weighted by atomic mass is 9.97. The molecule has 1 amide bonds. The highest BCUT2D eigenvalue weighted by Crippen LogP contribution is 2.25. The largest absolute Gasteiger partial charge is 0.494 e. The molecule has 24 heavy (non-hydrogen) atoms. The Kier molecular flexibility index (Phi) is 6.23. The van der Waals surface area contributed by atoms with Crippen molar-refractivity contribution in [3.05, 3.63) is 24.3 Å². The van der Waals surface area contributed by atoms with E-state index in [1.165, 1.54) is 4.31 Å². The summed E-state index contributed by atoms with van der Waals surface area (Å²) in [5.41, 5.74) is 0. The van der Waals surface area contributed by atoms with Crippen LogP contribution in [0.15, 0.2) is 29.2 Å². The zero-order chi connectivity index (χ0) is 17.7. The van der Waals surface area contributed by atoms with Gasteiger partial charge in [-0.1, -0.05) is 0 Å². The van der Waals surface area contributed by atoms with Crippen molar-refractivity contribution in [2.24, 2.45) is 5.92 Å². The molecular weight excluding hydrogens is 328 g/mol. The maximum Gasteiger partial charge on any atom is 0.243 e. The van der Waals surface area contributed by atoms with E-state index in [2.05, 4.69) is 5.32 Å². The van der Waals surface area contributed by atoms with E-state index in [1.54, 1.807) is 24.3 Å². The molecule has 1 fully saturated rings. The van der Waals surface area contributed by atoms with Crippen LogP contribution in [0.25, 0.3) is 0 Å². The Morgan fingerprint density at radius 3 is 2.33 bits per heavy atom. The molecule has 0 saturated carbocycles. The number of piperidine rings is 1. The number of hydrogen-bond acceptors (Lipinski definition) is 4. The van der Waals surface area contributed by atoms with E-state index in [0.29, 0.717) is 38.3 Å². The van der Waals surface area contributed by atoms with Gasteiger partial charge in [0.2, 0.25) is 15.9 Å². The van der Waals surface area contributed by atoms with Crippen molar-refractivity contribution in [2.75, 3.05) is 19.7 Å². The fourth-order valence-electron chi connectivity index (χ4n) is 2.78. The molecule has 0 spiro atoms. The number of ether oxygens (including phenoxy) is 1. The van der Waals surface area contributed by atoms with Crippen LogP contribution in [-0.4, -0.2) is 44.4 Å². The molecule has 1 aromatic rings. The summed E-state index contributed by atoms with van der Waals surface area (Å²) < 4.78 is 32.2. The maximum atomic E-state index is 12.7. The van der Waals surface area contributed by atoms with Crippen LogP contribution in [0.5, 0.6) is 5.75 Å². The SMILES string of the molecule is CCOc1ccc(S(=O)(=O)N2CCC(C(=O)NC(C)C)CC2)cc1. The van der Waals surface area contributed by atoms with E-state index in [9.17, 15) is 13.2 Å². The second-order valence-corrected chi connectivity index (χ2v) is 8.18. The smallest absolute Gasteiger partial charge is 0.243 e. The van der Waals surface area contributed by atoms with Crippen molar-refractivity contribution < 1.29 is 17.9 Å². The van der Waals surface area contributed by atoms with E-state index >= 15 is 0 Å². The van der Waals surface area contributed by atoms with Crippen molar-refractivity contribution in [2.45, 2.75) is 44.6 Å². The topological polar surface area (TPSA) is 75.7 Å². The molecule has 0 radical (unpaired) electrons. The Morgan fingerprint density at radius 1 is 1.25 bits per heavy atom. The number of sulfonamides is 1. The minimum absolute atomic E-state index is 0.0168. The zero-order valence-corrected chi connectivity index (χ0v) is 15.3. The molecule has 0 unspecified atom stereocenters. The van der Waals surface area contributed by atoms with Gasteiger partial charge in [0, 0.05) is 25.0 Å². The summed E-state index contributed by atoms with van der Waals surface area (Å²) in [6.07, 6.45) is 1.10. The Labute approximate surface area is 144 Å². The lowest BCUT2D eigenvalue weighted by molar-refractivity contribution is -0.126. The molecule has 1 N–H and O–H groups in total. The Balaban J connectivity index is 2.00. The summed E-state index contributed by atoms with van der Waals surface area (Å²) in [6.45, 7) is 6.99. The number of nitrogens with zero attached hydrogens (tertiary/aromatic N) is 1. The van der Waals surface area contributed by atoms with Crippen LogP contribution < -0.4 is 10.1 Å². The molecule has 1 aliphatic rings. The standard InChI is InChI=1S/C17H26N2O4S/c1-4-23-15-5-7-16(8-6-15)24(21,22)19-11-9-14(10-12-19)17(20)18-13(2)3/h5-8,13-14H,4,9-12H2,1-3H3,(H,18,20). The second kappa shape index (κ2) is 7.98. The third-order valence-electron chi connectivity index (χ3n) is 4.03. The van der Waals surface area contributed by atoms with Gasteiger partial charge in [0.05, 0.1) is 11.5 Å². The lowest BCUT2D eigenvalue weighted by Crippen LogP contribution is -2.44. The third-order valence-corrected chi connectivity index (χ3v) is 5.94. The average Bonchev–Trinajstić information content (AvgIpc) is 2.55. The van der Waals surface area contributed by atoms with Gasteiger partial charge in [-0.2, -0.15) is 4.31 Å². The molecule has 134 valence electrons. The molecule has 1 saturated heterocycles. The molecule has 1 aromatic carbocycles. The first-order valence-electron chi connectivity index (χ1n) is 8.38. The number of carbonyl (C=O) groups excluding carboxylic acids is 1. The van der Waals surface area contributed by atoms with Gasteiger partial charge in [0.1, 0.15) is 5.75 Å². The van der Waals surface area contributed by atoms with Gasteiger partial charge in [0.25, 0.3) is 0 Å². The summed E-state index contributed by atoms with van der Waals surface area (Å²) >= 11 is 0. The average molecular weight is 354 g/mol. The van der Waals surface area contributed by atoms with Gasteiger partial charge in [-0.15, -0.1) is 0 Å². The molecule has 0 aliphatic carbocycles. The number of amides is 1. The van der Waals surface area contributed by atoms with Crippen LogP contribution in [0.3, 0.4) is 0 Å². The molecule has 6 nitrogen and oxygen atoms in total.